The van der Waals surface area contributed by atoms with E-state index in [1.165, 1.54) is 5.56 Å². The van der Waals surface area contributed by atoms with Gasteiger partial charge in [0.2, 0.25) is 17.7 Å². The maximum atomic E-state index is 12.8. The van der Waals surface area contributed by atoms with Gasteiger partial charge in [0.1, 0.15) is 0 Å². The van der Waals surface area contributed by atoms with Crippen LogP contribution in [-0.2, 0) is 4.79 Å². The van der Waals surface area contributed by atoms with Crippen LogP contribution < -0.4 is 5.32 Å². The van der Waals surface area contributed by atoms with Gasteiger partial charge in [-0.15, -0.1) is 10.2 Å². The smallest absolute Gasteiger partial charge is 0.234 e. The standard InChI is InChI=1S/C24H34N4O2/c1-3-9-18(10-4-2)24(29)28-15-19(16-28)22-26-27-23(30-22)21-20(13-8-14-25-21)17-11-6-5-7-12-17/h5-7,11-12,18-21,25H,3-4,8-10,13-16H2,1-2H3. The second kappa shape index (κ2) is 9.73. The highest BCUT2D eigenvalue weighted by atomic mass is 16.4. The van der Waals surface area contributed by atoms with Crippen LogP contribution in [0.25, 0.3) is 0 Å². The number of nitrogens with one attached hydrogen (secondary N) is 1. The summed E-state index contributed by atoms with van der Waals surface area (Å²) in [5, 5.41) is 12.3. The molecule has 2 saturated heterocycles. The SMILES string of the molecule is CCCC(CCC)C(=O)N1CC(c2nnc(C3NCCCC3c3ccccc3)o2)C1. The third kappa shape index (κ3) is 4.43. The molecule has 0 bridgehead atoms. The fraction of sp³-hybridized carbons (Fsp3) is 0.625. The Morgan fingerprint density at radius 2 is 1.83 bits per heavy atom. The molecule has 2 fully saturated rings. The lowest BCUT2D eigenvalue weighted by Crippen LogP contribution is -2.50. The number of amides is 1. The van der Waals surface area contributed by atoms with Gasteiger partial charge in [0, 0.05) is 24.9 Å². The van der Waals surface area contributed by atoms with Gasteiger partial charge < -0.3 is 14.6 Å². The van der Waals surface area contributed by atoms with E-state index in [0.29, 0.717) is 36.7 Å². The average Bonchev–Trinajstić information content (AvgIpc) is 3.22. The lowest BCUT2D eigenvalue weighted by molar-refractivity contribution is -0.141. The number of benzene rings is 1. The summed E-state index contributed by atoms with van der Waals surface area (Å²) < 4.78 is 6.14. The number of rotatable bonds is 8. The molecule has 2 unspecified atom stereocenters. The minimum atomic E-state index is 0.0544. The molecular weight excluding hydrogens is 376 g/mol. The summed E-state index contributed by atoms with van der Waals surface area (Å²) in [6.07, 6.45) is 6.32. The normalized spacial score (nSPS) is 22.3. The Kier molecular flexibility index (Phi) is 6.82. The maximum absolute atomic E-state index is 12.8. The van der Waals surface area contributed by atoms with Gasteiger partial charge in [0.05, 0.1) is 12.0 Å². The molecule has 2 aliphatic rings. The Balaban J connectivity index is 1.39. The second-order valence-electron chi connectivity index (χ2n) is 8.78. The van der Waals surface area contributed by atoms with Crippen molar-refractivity contribution in [2.24, 2.45) is 5.92 Å². The monoisotopic (exact) mass is 410 g/mol. The van der Waals surface area contributed by atoms with Gasteiger partial charge in [-0.05, 0) is 37.8 Å². The fourth-order valence-electron chi connectivity index (χ4n) is 4.91. The van der Waals surface area contributed by atoms with Crippen molar-refractivity contribution in [3.8, 4) is 0 Å². The van der Waals surface area contributed by atoms with E-state index in [1.807, 2.05) is 4.90 Å². The zero-order valence-corrected chi connectivity index (χ0v) is 18.2. The van der Waals surface area contributed by atoms with Crippen LogP contribution in [0.1, 0.15) is 87.6 Å². The molecule has 30 heavy (non-hydrogen) atoms. The molecule has 1 N–H and O–H groups in total. The first kappa shape index (κ1) is 21.0. The number of piperidine rings is 1. The lowest BCUT2D eigenvalue weighted by atomic mass is 9.85. The van der Waals surface area contributed by atoms with Crippen molar-refractivity contribution in [1.29, 1.82) is 0 Å². The summed E-state index contributed by atoms with van der Waals surface area (Å²) >= 11 is 0. The van der Waals surface area contributed by atoms with Crippen LogP contribution >= 0.6 is 0 Å². The second-order valence-corrected chi connectivity index (χ2v) is 8.78. The zero-order chi connectivity index (χ0) is 20.9. The van der Waals surface area contributed by atoms with Crippen LogP contribution in [0, 0.1) is 5.92 Å². The first-order valence-corrected chi connectivity index (χ1v) is 11.6. The summed E-state index contributed by atoms with van der Waals surface area (Å²) in [7, 11) is 0. The van der Waals surface area contributed by atoms with Gasteiger partial charge in [-0.2, -0.15) is 0 Å². The molecule has 0 radical (unpaired) electrons. The molecule has 0 saturated carbocycles. The van der Waals surface area contributed by atoms with Gasteiger partial charge >= 0.3 is 0 Å². The zero-order valence-electron chi connectivity index (χ0n) is 18.2. The molecule has 162 valence electrons. The predicted octanol–water partition coefficient (Wildman–Crippen LogP) is 4.42. The minimum Gasteiger partial charge on any atom is -0.423 e. The molecule has 2 aliphatic heterocycles. The third-order valence-corrected chi connectivity index (χ3v) is 6.57. The van der Waals surface area contributed by atoms with Crippen LogP contribution in [0.5, 0.6) is 0 Å². The van der Waals surface area contributed by atoms with Crippen molar-refractivity contribution in [2.45, 2.75) is 70.3 Å². The number of hydrogen-bond acceptors (Lipinski definition) is 5. The molecule has 0 spiro atoms. The molecule has 1 amide bonds. The van der Waals surface area contributed by atoms with Gasteiger partial charge in [-0.3, -0.25) is 4.79 Å². The minimum absolute atomic E-state index is 0.0544. The molecule has 3 heterocycles. The van der Waals surface area contributed by atoms with Gasteiger partial charge in [-0.25, -0.2) is 0 Å². The molecule has 2 atom stereocenters. The van der Waals surface area contributed by atoms with E-state index < -0.39 is 0 Å². The van der Waals surface area contributed by atoms with Crippen LogP contribution in [0.2, 0.25) is 0 Å². The number of likely N-dealkylation sites (tertiary alicyclic amines) is 1. The number of carbonyl (C=O) groups is 1. The number of hydrogen-bond donors (Lipinski definition) is 1. The van der Waals surface area contributed by atoms with Gasteiger partial charge in [-0.1, -0.05) is 57.0 Å². The lowest BCUT2D eigenvalue weighted by Gasteiger charge is -2.39. The van der Waals surface area contributed by atoms with Crippen molar-refractivity contribution < 1.29 is 9.21 Å². The van der Waals surface area contributed by atoms with E-state index in [0.717, 1.165) is 45.1 Å². The summed E-state index contributed by atoms with van der Waals surface area (Å²) in [5.74, 6) is 2.33. The average molecular weight is 411 g/mol. The van der Waals surface area contributed by atoms with Crippen LogP contribution in [0.3, 0.4) is 0 Å². The van der Waals surface area contributed by atoms with E-state index in [2.05, 4.69) is 59.7 Å². The number of nitrogens with zero attached hydrogens (tertiary/aromatic N) is 3. The van der Waals surface area contributed by atoms with Crippen molar-refractivity contribution in [3.63, 3.8) is 0 Å². The Morgan fingerprint density at radius 3 is 2.53 bits per heavy atom. The first-order valence-electron chi connectivity index (χ1n) is 11.6. The van der Waals surface area contributed by atoms with E-state index in [9.17, 15) is 4.79 Å². The van der Waals surface area contributed by atoms with Crippen molar-refractivity contribution in [1.82, 2.24) is 20.4 Å². The molecular formula is C24H34N4O2. The maximum Gasteiger partial charge on any atom is 0.234 e. The molecule has 4 rings (SSSR count). The molecule has 1 aromatic carbocycles. The largest absolute Gasteiger partial charge is 0.423 e. The summed E-state index contributed by atoms with van der Waals surface area (Å²) in [4.78, 5) is 14.8. The molecule has 2 aromatic rings. The van der Waals surface area contributed by atoms with Crippen LogP contribution in [0.4, 0.5) is 0 Å². The Hall–Kier alpha value is -2.21. The van der Waals surface area contributed by atoms with E-state index in [1.54, 1.807) is 0 Å². The molecule has 0 aliphatic carbocycles. The van der Waals surface area contributed by atoms with Gasteiger partial charge in [0.15, 0.2) is 0 Å². The summed E-state index contributed by atoms with van der Waals surface area (Å²) in [6, 6.07) is 10.6. The Morgan fingerprint density at radius 1 is 1.13 bits per heavy atom. The van der Waals surface area contributed by atoms with E-state index in [4.69, 9.17) is 4.42 Å². The Labute approximate surface area is 179 Å². The molecule has 6 nitrogen and oxygen atoms in total. The number of carbonyl (C=O) groups excluding carboxylic acids is 1. The van der Waals surface area contributed by atoms with E-state index >= 15 is 0 Å². The third-order valence-electron chi connectivity index (χ3n) is 6.57. The number of aromatic nitrogens is 2. The van der Waals surface area contributed by atoms with Crippen molar-refractivity contribution in [3.05, 3.63) is 47.7 Å². The summed E-state index contributed by atoms with van der Waals surface area (Å²) in [6.45, 7) is 6.66. The highest BCUT2D eigenvalue weighted by molar-refractivity contribution is 5.79. The quantitative estimate of drug-likeness (QED) is 0.697. The summed E-state index contributed by atoms with van der Waals surface area (Å²) in [5.41, 5.74) is 1.31. The van der Waals surface area contributed by atoms with E-state index in [-0.39, 0.29) is 17.9 Å². The van der Waals surface area contributed by atoms with Crippen LogP contribution in [0.15, 0.2) is 34.7 Å². The van der Waals surface area contributed by atoms with Crippen LogP contribution in [-0.4, -0.2) is 40.6 Å². The highest BCUT2D eigenvalue weighted by Crippen LogP contribution is 2.38. The molecule has 1 aromatic heterocycles. The predicted molar refractivity (Wildman–Crippen MR) is 116 cm³/mol. The highest BCUT2D eigenvalue weighted by Gasteiger charge is 2.39. The van der Waals surface area contributed by atoms with Crippen molar-refractivity contribution in [2.75, 3.05) is 19.6 Å². The fourth-order valence-corrected chi connectivity index (χ4v) is 4.91. The Bertz CT molecular complexity index is 810. The van der Waals surface area contributed by atoms with Crippen molar-refractivity contribution >= 4 is 5.91 Å². The molecule has 6 heteroatoms. The first-order chi connectivity index (χ1) is 14.7. The topological polar surface area (TPSA) is 71.3 Å². The van der Waals surface area contributed by atoms with Gasteiger partial charge in [0.25, 0.3) is 0 Å².